The van der Waals surface area contributed by atoms with E-state index >= 15 is 0 Å². The normalized spacial score (nSPS) is 22.7. The predicted octanol–water partition coefficient (Wildman–Crippen LogP) is 3.19. The van der Waals surface area contributed by atoms with E-state index in [9.17, 15) is 0 Å². The van der Waals surface area contributed by atoms with Crippen molar-refractivity contribution in [3.8, 4) is 11.8 Å². The highest BCUT2D eigenvalue weighted by molar-refractivity contribution is 5.99. The summed E-state index contributed by atoms with van der Waals surface area (Å²) in [7, 11) is 5.92. The van der Waals surface area contributed by atoms with E-state index < -0.39 is 0 Å². The highest BCUT2D eigenvalue weighted by atomic mass is 16.5. The van der Waals surface area contributed by atoms with Gasteiger partial charge in [0, 0.05) is 38.2 Å². The summed E-state index contributed by atoms with van der Waals surface area (Å²) in [6.45, 7) is 11.4. The lowest BCUT2D eigenvalue weighted by Gasteiger charge is -2.31. The molecule has 0 spiro atoms. The van der Waals surface area contributed by atoms with Crippen molar-refractivity contribution in [1.82, 2.24) is 20.0 Å². The third kappa shape index (κ3) is 6.80. The van der Waals surface area contributed by atoms with Crippen LogP contribution in [0.25, 0.3) is 0 Å². The lowest BCUT2D eigenvalue weighted by Crippen LogP contribution is -2.46. The van der Waals surface area contributed by atoms with Crippen LogP contribution in [-0.4, -0.2) is 91.6 Å². The molecule has 0 aromatic rings. The quantitative estimate of drug-likeness (QED) is 0.299. The van der Waals surface area contributed by atoms with Gasteiger partial charge < -0.3 is 25.6 Å². The highest BCUT2D eigenvalue weighted by Crippen LogP contribution is 2.31. The van der Waals surface area contributed by atoms with Gasteiger partial charge in [-0.2, -0.15) is 4.58 Å². The van der Waals surface area contributed by atoms with Crippen molar-refractivity contribution >= 4 is 5.84 Å². The molecule has 4 rings (SSSR count). The minimum absolute atomic E-state index is 0.417. The molecule has 1 aliphatic carbocycles. The summed E-state index contributed by atoms with van der Waals surface area (Å²) in [6.07, 6.45) is 11.9. The monoisotopic (exact) mass is 507 g/mol. The number of nitrogens with zero attached hydrogens (tertiary/aromatic N) is 4. The Morgan fingerprint density at radius 1 is 1.16 bits per heavy atom. The van der Waals surface area contributed by atoms with Crippen LogP contribution in [0.2, 0.25) is 0 Å². The van der Waals surface area contributed by atoms with Crippen LogP contribution in [0.3, 0.4) is 0 Å². The van der Waals surface area contributed by atoms with E-state index in [1.165, 1.54) is 50.4 Å². The zero-order valence-corrected chi connectivity index (χ0v) is 23.7. The van der Waals surface area contributed by atoms with Crippen molar-refractivity contribution in [3.63, 3.8) is 0 Å². The summed E-state index contributed by atoms with van der Waals surface area (Å²) in [6, 6.07) is 0.417. The fourth-order valence-corrected chi connectivity index (χ4v) is 5.71. The number of piperidine rings is 1. The van der Waals surface area contributed by atoms with Crippen LogP contribution in [0.4, 0.5) is 0 Å². The fourth-order valence-electron chi connectivity index (χ4n) is 5.71. The van der Waals surface area contributed by atoms with E-state index in [1.54, 1.807) is 7.11 Å². The van der Waals surface area contributed by atoms with Crippen molar-refractivity contribution in [2.75, 3.05) is 60.5 Å². The first-order valence-corrected chi connectivity index (χ1v) is 14.1. The molecule has 2 fully saturated rings. The largest absolute Gasteiger partial charge is 0.495 e. The highest BCUT2D eigenvalue weighted by Gasteiger charge is 2.40. The van der Waals surface area contributed by atoms with Crippen LogP contribution in [0, 0.1) is 11.8 Å². The molecule has 0 saturated carbocycles. The Morgan fingerprint density at radius 2 is 1.86 bits per heavy atom. The molecule has 0 atom stereocenters. The molecule has 0 amide bonds. The molecule has 37 heavy (non-hydrogen) atoms. The second-order valence-electron chi connectivity index (χ2n) is 10.8. The first-order valence-electron chi connectivity index (χ1n) is 14.1. The van der Waals surface area contributed by atoms with Gasteiger partial charge in [0.2, 0.25) is 5.84 Å². The first kappa shape index (κ1) is 27.3. The minimum Gasteiger partial charge on any atom is -0.495 e. The van der Waals surface area contributed by atoms with E-state index in [-0.39, 0.29) is 0 Å². The van der Waals surface area contributed by atoms with E-state index in [0.29, 0.717) is 12.5 Å². The van der Waals surface area contributed by atoms with Crippen LogP contribution in [0.5, 0.6) is 0 Å². The Morgan fingerprint density at radius 3 is 2.49 bits per heavy atom. The molecular weight excluding hydrogens is 460 g/mol. The van der Waals surface area contributed by atoms with Gasteiger partial charge in [0.05, 0.1) is 38.4 Å². The molecule has 3 heterocycles. The second kappa shape index (κ2) is 12.7. The van der Waals surface area contributed by atoms with Gasteiger partial charge in [-0.15, -0.1) is 0 Å². The van der Waals surface area contributed by atoms with E-state index in [0.717, 1.165) is 67.3 Å². The van der Waals surface area contributed by atoms with Gasteiger partial charge in [-0.25, -0.2) is 0 Å². The first-order chi connectivity index (χ1) is 17.9. The second-order valence-corrected chi connectivity index (χ2v) is 10.8. The van der Waals surface area contributed by atoms with Gasteiger partial charge in [0.25, 0.3) is 5.82 Å². The van der Waals surface area contributed by atoms with Gasteiger partial charge in [-0.3, -0.25) is 4.90 Å². The average Bonchev–Trinajstić information content (AvgIpc) is 3.34. The lowest BCUT2D eigenvalue weighted by atomic mass is 10.0. The molecule has 7 heteroatoms. The van der Waals surface area contributed by atoms with Crippen LogP contribution < -0.4 is 11.1 Å². The topological polar surface area (TPSA) is 60.0 Å². The van der Waals surface area contributed by atoms with Crippen molar-refractivity contribution in [3.05, 3.63) is 46.3 Å². The Hall–Kier alpha value is -2.69. The van der Waals surface area contributed by atoms with Crippen LogP contribution in [0.1, 0.15) is 58.8 Å². The summed E-state index contributed by atoms with van der Waals surface area (Å²) in [5.74, 6) is 9.84. The average molecular weight is 508 g/mol. The molecule has 4 aliphatic rings. The summed E-state index contributed by atoms with van der Waals surface area (Å²) < 4.78 is 8.18. The number of nitrogens with one attached hydrogen (secondary N) is 1. The van der Waals surface area contributed by atoms with E-state index in [2.05, 4.69) is 76.5 Å². The number of allylic oxidation sites excluding steroid dienone is 3. The van der Waals surface area contributed by atoms with Crippen molar-refractivity contribution in [2.45, 2.75) is 64.8 Å². The Bertz CT molecular complexity index is 1050. The van der Waals surface area contributed by atoms with Crippen molar-refractivity contribution in [1.29, 1.82) is 0 Å². The number of hydrogen-bond donors (Lipinski definition) is 2. The number of ether oxygens (including phenoxy) is 1. The smallest absolute Gasteiger partial charge is 0.264 e. The van der Waals surface area contributed by atoms with Crippen molar-refractivity contribution in [2.24, 2.45) is 5.73 Å². The molecule has 0 bridgehead atoms. The lowest BCUT2D eigenvalue weighted by molar-refractivity contribution is -0.342. The van der Waals surface area contributed by atoms with Crippen LogP contribution in [-0.2, 0) is 4.74 Å². The molecule has 3 aliphatic heterocycles. The Balaban J connectivity index is 1.55. The van der Waals surface area contributed by atoms with Crippen molar-refractivity contribution < 1.29 is 9.31 Å². The van der Waals surface area contributed by atoms with Gasteiger partial charge in [-0.1, -0.05) is 24.8 Å². The van der Waals surface area contributed by atoms with Gasteiger partial charge in [-0.05, 0) is 64.7 Å². The van der Waals surface area contributed by atoms with Crippen LogP contribution >= 0.6 is 0 Å². The third-order valence-corrected chi connectivity index (χ3v) is 7.80. The fraction of sp³-hybridized carbons (Fsp3) is 0.633. The number of methoxy groups -OCH3 is 1. The maximum Gasteiger partial charge on any atom is 0.264 e. The molecule has 0 radical (unpaired) electrons. The number of hydrogen-bond acceptors (Lipinski definition) is 5. The Labute approximate surface area is 224 Å². The van der Waals surface area contributed by atoms with E-state index in [4.69, 9.17) is 10.5 Å². The van der Waals surface area contributed by atoms with Crippen LogP contribution in [0.15, 0.2) is 46.3 Å². The number of likely N-dealkylation sites (tertiary alicyclic amines) is 2. The molecule has 2 saturated heterocycles. The third-order valence-electron chi connectivity index (χ3n) is 7.80. The number of rotatable bonds is 8. The molecule has 7 nitrogen and oxygen atoms in total. The molecule has 0 aromatic heterocycles. The molecule has 0 unspecified atom stereocenters. The molecule has 0 aromatic carbocycles. The standard InChI is InChI=1S/C30H46N6O/c1-6-16-34-20-14-25(15-21-34)32-29(36-23(2)30(36)33(3)4)26-22-28(37-5)24(12-13-27(26)31)11-7-8-17-35-18-9-10-19-35/h12,22,25H,6,8-10,13-21H2,1-5H3,(H2,31,32)/p+1. The maximum atomic E-state index is 6.75. The zero-order valence-electron chi connectivity index (χ0n) is 23.7. The number of nitrogens with two attached hydrogens (primary N) is 1. The summed E-state index contributed by atoms with van der Waals surface area (Å²) in [4.78, 5) is 7.25. The summed E-state index contributed by atoms with van der Waals surface area (Å²) in [5.41, 5.74) is 10.8. The predicted molar refractivity (Wildman–Crippen MR) is 152 cm³/mol. The molecular formula is C30H47N6O+. The number of amidine groups is 1. The van der Waals surface area contributed by atoms with E-state index in [1.807, 2.05) is 0 Å². The van der Waals surface area contributed by atoms with Gasteiger partial charge >= 0.3 is 0 Å². The minimum atomic E-state index is 0.417. The maximum absolute atomic E-state index is 6.75. The SMILES string of the molecule is CCCN1CCC(N/C(C2=C(N)CC=C(C#CCCN3CCCC3)C(OC)=C2)=[N+]2C(C)=C\2N(C)C)CC1. The zero-order chi connectivity index (χ0) is 26.4. The van der Waals surface area contributed by atoms with Gasteiger partial charge in [0.15, 0.2) is 5.70 Å². The molecule has 3 N–H and O–H groups in total. The summed E-state index contributed by atoms with van der Waals surface area (Å²) >= 11 is 0. The van der Waals surface area contributed by atoms with Gasteiger partial charge in [0.1, 0.15) is 5.76 Å². The summed E-state index contributed by atoms with van der Waals surface area (Å²) in [5, 5.41) is 3.91. The Kier molecular flexibility index (Phi) is 9.39. The molecule has 202 valence electrons.